The monoisotopic (exact) mass is 279 g/mol. The molecule has 1 rings (SSSR count). The number of hydrogen-bond donors (Lipinski definition) is 2. The molecule has 0 aliphatic carbocycles. The van der Waals surface area contributed by atoms with Gasteiger partial charge >= 0.3 is 5.97 Å². The molecule has 0 unspecified atom stereocenters. The number of rotatable bonds is 5. The van der Waals surface area contributed by atoms with Crippen LogP contribution >= 0.6 is 11.6 Å². The Hall–Kier alpha value is -1.15. The summed E-state index contributed by atoms with van der Waals surface area (Å²) in [6.45, 7) is 1.73. The Morgan fingerprint density at radius 1 is 1.53 bits per heavy atom. The number of carbonyl (C=O) groups is 1. The van der Waals surface area contributed by atoms with E-state index in [1.165, 1.54) is 12.1 Å². The Morgan fingerprint density at radius 3 is 2.71 bits per heavy atom. The normalized spacial score (nSPS) is 11.4. The Balaban J connectivity index is 3.20. The van der Waals surface area contributed by atoms with Crippen LogP contribution in [0.5, 0.6) is 0 Å². The van der Waals surface area contributed by atoms with Gasteiger partial charge in [0.2, 0.25) is 0 Å². The number of carboxylic acid groups (broad SMARTS) is 1. The molecule has 94 valence electrons. The van der Waals surface area contributed by atoms with Crippen LogP contribution in [0.4, 0.5) is 0 Å². The molecule has 0 fully saturated rings. The number of nitrogens with one attached hydrogen (secondary N) is 1. The molecule has 0 saturated heterocycles. The van der Waals surface area contributed by atoms with E-state index in [1.807, 2.05) is 4.89 Å². The summed E-state index contributed by atoms with van der Waals surface area (Å²) in [5.74, 6) is -1.24. The van der Waals surface area contributed by atoms with Crippen LogP contribution < -0.4 is 4.89 Å². The fourth-order valence-corrected chi connectivity index (χ4v) is 2.42. The predicted octanol–water partition coefficient (Wildman–Crippen LogP) is 1.27. The maximum absolute atomic E-state index is 11.7. The second-order valence-corrected chi connectivity index (χ2v) is 4.99. The van der Waals surface area contributed by atoms with Gasteiger partial charge in [0.15, 0.2) is 0 Å². The van der Waals surface area contributed by atoms with Gasteiger partial charge in [-0.15, -0.1) is 0 Å². The van der Waals surface area contributed by atoms with Gasteiger partial charge in [-0.3, -0.25) is 4.84 Å². The molecule has 0 aromatic heterocycles. The molecule has 1 aromatic carbocycles. The van der Waals surface area contributed by atoms with Gasteiger partial charge < -0.3 is 5.11 Å². The minimum absolute atomic E-state index is 0.0813. The molecule has 6 nitrogen and oxygen atoms in total. The average Bonchev–Trinajstić information content (AvgIpc) is 2.26. The summed E-state index contributed by atoms with van der Waals surface area (Å²) in [6, 6.07) is 3.38. The molecule has 1 aromatic rings. The van der Waals surface area contributed by atoms with E-state index in [1.54, 1.807) is 6.92 Å². The smallest absolute Gasteiger partial charge is 0.335 e. The van der Waals surface area contributed by atoms with Gasteiger partial charge in [0.05, 0.1) is 17.2 Å². The summed E-state index contributed by atoms with van der Waals surface area (Å²) in [6.07, 6.45) is 0. The predicted molar refractivity (Wildman–Crippen MR) is 60.4 cm³/mol. The lowest BCUT2D eigenvalue weighted by molar-refractivity contribution is 0.0696. The molecule has 0 saturated carbocycles. The van der Waals surface area contributed by atoms with Crippen LogP contribution in [0.15, 0.2) is 23.1 Å². The highest BCUT2D eigenvalue weighted by molar-refractivity contribution is 7.89. The van der Waals surface area contributed by atoms with Crippen LogP contribution in [-0.4, -0.2) is 26.1 Å². The molecule has 0 atom stereocenters. The maximum atomic E-state index is 11.7. The molecule has 0 bridgehead atoms. The van der Waals surface area contributed by atoms with Gasteiger partial charge in [-0.1, -0.05) is 16.5 Å². The molecule has 0 spiro atoms. The number of carboxylic acids is 1. The molecule has 8 heteroatoms. The molecule has 17 heavy (non-hydrogen) atoms. The summed E-state index contributed by atoms with van der Waals surface area (Å²) in [4.78, 5) is 16.8. The van der Waals surface area contributed by atoms with Gasteiger partial charge in [0.25, 0.3) is 10.0 Å². The van der Waals surface area contributed by atoms with Crippen molar-refractivity contribution in [3.63, 3.8) is 0 Å². The summed E-state index contributed by atoms with van der Waals surface area (Å²) in [5, 5.41) is 8.67. The van der Waals surface area contributed by atoms with Crippen LogP contribution in [0.25, 0.3) is 0 Å². The lowest BCUT2D eigenvalue weighted by Gasteiger charge is -2.08. The number of hydrogen-bond acceptors (Lipinski definition) is 4. The van der Waals surface area contributed by atoms with Crippen molar-refractivity contribution in [3.05, 3.63) is 28.8 Å². The van der Waals surface area contributed by atoms with Crippen LogP contribution in [0.3, 0.4) is 0 Å². The van der Waals surface area contributed by atoms with E-state index < -0.39 is 16.0 Å². The number of sulfonamides is 1. The van der Waals surface area contributed by atoms with E-state index >= 15 is 0 Å². The zero-order valence-electron chi connectivity index (χ0n) is 8.81. The molecule has 2 N–H and O–H groups in total. The standard InChI is InChI=1S/C9H10ClNO5S/c1-2-16-11-17(14,15)8-5-6(9(12)13)3-4-7(8)10/h3-5,11H,2H2,1H3,(H,12,13). The van der Waals surface area contributed by atoms with E-state index in [9.17, 15) is 13.2 Å². The second-order valence-electron chi connectivity index (χ2n) is 2.97. The van der Waals surface area contributed by atoms with Crippen molar-refractivity contribution in [1.29, 1.82) is 0 Å². The first-order chi connectivity index (χ1) is 7.88. The molecular weight excluding hydrogens is 270 g/mol. The fraction of sp³-hybridized carbons (Fsp3) is 0.222. The SMILES string of the molecule is CCONS(=O)(=O)c1cc(C(=O)O)ccc1Cl. The van der Waals surface area contributed by atoms with E-state index in [0.29, 0.717) is 0 Å². The summed E-state index contributed by atoms with van der Waals surface area (Å²) >= 11 is 5.70. The fourth-order valence-electron chi connectivity index (χ4n) is 1.02. The van der Waals surface area contributed by atoms with Crippen molar-refractivity contribution in [2.24, 2.45) is 0 Å². The zero-order chi connectivity index (χ0) is 13.1. The first-order valence-electron chi connectivity index (χ1n) is 4.55. The van der Waals surface area contributed by atoms with Crippen LogP contribution in [0, 0.1) is 0 Å². The van der Waals surface area contributed by atoms with Crippen molar-refractivity contribution in [2.45, 2.75) is 11.8 Å². The van der Waals surface area contributed by atoms with E-state index in [4.69, 9.17) is 16.7 Å². The molecule has 0 amide bonds. The summed E-state index contributed by atoms with van der Waals surface area (Å²) in [5.41, 5.74) is -0.175. The quantitative estimate of drug-likeness (QED) is 0.792. The first-order valence-corrected chi connectivity index (χ1v) is 6.41. The van der Waals surface area contributed by atoms with Gasteiger partial charge in [-0.25, -0.2) is 13.2 Å². The zero-order valence-corrected chi connectivity index (χ0v) is 10.4. The molecule has 0 radical (unpaired) electrons. The minimum atomic E-state index is -3.98. The lowest BCUT2D eigenvalue weighted by Crippen LogP contribution is -2.24. The molecule has 0 aliphatic rings. The topological polar surface area (TPSA) is 92.7 Å². The first kappa shape index (κ1) is 13.9. The number of halogens is 1. The van der Waals surface area contributed by atoms with Gasteiger partial charge in [-0.2, -0.15) is 0 Å². The Kier molecular flexibility index (Phi) is 4.47. The van der Waals surface area contributed by atoms with Crippen molar-refractivity contribution in [1.82, 2.24) is 4.89 Å². The number of aromatic carboxylic acids is 1. The Morgan fingerprint density at radius 2 is 2.18 bits per heavy atom. The van der Waals surface area contributed by atoms with Crippen molar-refractivity contribution in [3.8, 4) is 0 Å². The average molecular weight is 280 g/mol. The maximum Gasteiger partial charge on any atom is 0.335 e. The summed E-state index contributed by atoms with van der Waals surface area (Å²) < 4.78 is 23.3. The highest BCUT2D eigenvalue weighted by Gasteiger charge is 2.20. The van der Waals surface area contributed by atoms with Gasteiger partial charge in [0, 0.05) is 0 Å². The largest absolute Gasteiger partial charge is 0.478 e. The number of benzene rings is 1. The minimum Gasteiger partial charge on any atom is -0.478 e. The third-order valence-electron chi connectivity index (χ3n) is 1.78. The highest BCUT2D eigenvalue weighted by Crippen LogP contribution is 2.22. The lowest BCUT2D eigenvalue weighted by atomic mass is 10.2. The van der Waals surface area contributed by atoms with Gasteiger partial charge in [-0.05, 0) is 25.1 Å². The molecular formula is C9H10ClNO5S. The van der Waals surface area contributed by atoms with E-state index in [-0.39, 0.29) is 22.1 Å². The molecule has 0 aliphatic heterocycles. The Bertz CT molecular complexity index is 528. The van der Waals surface area contributed by atoms with Gasteiger partial charge in [0.1, 0.15) is 4.90 Å². The Labute approximate surface area is 103 Å². The van der Waals surface area contributed by atoms with Crippen molar-refractivity contribution < 1.29 is 23.2 Å². The van der Waals surface area contributed by atoms with Crippen molar-refractivity contribution >= 4 is 27.6 Å². The van der Waals surface area contributed by atoms with E-state index in [2.05, 4.69) is 4.84 Å². The van der Waals surface area contributed by atoms with Crippen LogP contribution in [-0.2, 0) is 14.9 Å². The van der Waals surface area contributed by atoms with Crippen molar-refractivity contribution in [2.75, 3.05) is 6.61 Å². The summed E-state index contributed by atoms with van der Waals surface area (Å²) in [7, 11) is -3.98. The third kappa shape index (κ3) is 3.40. The second kappa shape index (κ2) is 5.46. The molecule has 0 heterocycles. The third-order valence-corrected chi connectivity index (χ3v) is 3.48. The highest BCUT2D eigenvalue weighted by atomic mass is 35.5. The van der Waals surface area contributed by atoms with E-state index in [0.717, 1.165) is 6.07 Å². The van der Waals surface area contributed by atoms with Crippen LogP contribution in [0.2, 0.25) is 5.02 Å². The van der Waals surface area contributed by atoms with Crippen LogP contribution in [0.1, 0.15) is 17.3 Å².